The van der Waals surface area contributed by atoms with E-state index in [0.29, 0.717) is 24.3 Å². The minimum absolute atomic E-state index is 0.106. The second-order valence-corrected chi connectivity index (χ2v) is 8.33. The van der Waals surface area contributed by atoms with Crippen molar-refractivity contribution in [1.82, 2.24) is 9.80 Å². The SMILES string of the molecule is CCOC(=O)[C@H]1CCCCN1C(=O)C[C@@]1(c2ccccc2OC)CC(=O)N(CCOC)C1=O. The van der Waals surface area contributed by atoms with Gasteiger partial charge in [0.05, 0.1) is 32.3 Å². The van der Waals surface area contributed by atoms with E-state index < -0.39 is 23.3 Å². The largest absolute Gasteiger partial charge is 0.496 e. The summed E-state index contributed by atoms with van der Waals surface area (Å²) in [7, 11) is 2.98. The number of hydrogen-bond acceptors (Lipinski definition) is 7. The first-order valence-electron chi connectivity index (χ1n) is 11.3. The Balaban J connectivity index is 1.99. The molecule has 2 heterocycles. The zero-order chi connectivity index (χ0) is 24.0. The Kier molecular flexibility index (Phi) is 8.07. The van der Waals surface area contributed by atoms with Crippen LogP contribution in [-0.4, -0.2) is 80.1 Å². The van der Waals surface area contributed by atoms with E-state index in [4.69, 9.17) is 14.2 Å². The van der Waals surface area contributed by atoms with Crippen LogP contribution in [-0.2, 0) is 34.1 Å². The van der Waals surface area contributed by atoms with Crippen LogP contribution in [0.1, 0.15) is 44.6 Å². The van der Waals surface area contributed by atoms with Gasteiger partial charge in [0.15, 0.2) is 0 Å². The molecule has 9 heteroatoms. The summed E-state index contributed by atoms with van der Waals surface area (Å²) in [6.07, 6.45) is 1.69. The fraction of sp³-hybridized carbons (Fsp3) is 0.583. The number of piperidine rings is 1. The Labute approximate surface area is 193 Å². The first-order valence-corrected chi connectivity index (χ1v) is 11.3. The molecule has 180 valence electrons. The van der Waals surface area contributed by atoms with E-state index in [1.54, 1.807) is 31.2 Å². The van der Waals surface area contributed by atoms with E-state index in [2.05, 4.69) is 0 Å². The highest BCUT2D eigenvalue weighted by Crippen LogP contribution is 2.44. The van der Waals surface area contributed by atoms with Crippen LogP contribution in [0.15, 0.2) is 24.3 Å². The van der Waals surface area contributed by atoms with Crippen molar-refractivity contribution in [2.24, 2.45) is 0 Å². The lowest BCUT2D eigenvalue weighted by Gasteiger charge is -2.37. The van der Waals surface area contributed by atoms with Gasteiger partial charge < -0.3 is 19.1 Å². The molecule has 0 bridgehead atoms. The van der Waals surface area contributed by atoms with E-state index >= 15 is 0 Å². The van der Waals surface area contributed by atoms with Crippen molar-refractivity contribution in [2.75, 3.05) is 40.5 Å². The average Bonchev–Trinajstić information content (AvgIpc) is 3.07. The van der Waals surface area contributed by atoms with Gasteiger partial charge in [-0.05, 0) is 32.3 Å². The summed E-state index contributed by atoms with van der Waals surface area (Å²) >= 11 is 0. The summed E-state index contributed by atoms with van der Waals surface area (Å²) in [5, 5.41) is 0. The number of rotatable bonds is 9. The minimum Gasteiger partial charge on any atom is -0.496 e. The van der Waals surface area contributed by atoms with Gasteiger partial charge in [0.25, 0.3) is 0 Å². The number of hydrogen-bond donors (Lipinski definition) is 0. The number of benzene rings is 1. The highest BCUT2D eigenvalue weighted by molar-refractivity contribution is 6.11. The van der Waals surface area contributed by atoms with Crippen molar-refractivity contribution in [1.29, 1.82) is 0 Å². The standard InChI is InChI=1S/C24H32N2O7/c1-4-33-22(29)18-10-7-8-12-25(18)20(27)15-24(17-9-5-6-11-19(17)32-3)16-21(28)26(23(24)30)13-14-31-2/h5-6,9,11,18H,4,7-8,10,12-16H2,1-3H3/t18-,24+/m1/s1. The maximum Gasteiger partial charge on any atom is 0.328 e. The van der Waals surface area contributed by atoms with Crippen molar-refractivity contribution in [3.63, 3.8) is 0 Å². The van der Waals surface area contributed by atoms with Crippen LogP contribution in [0.4, 0.5) is 0 Å². The predicted octanol–water partition coefficient (Wildman–Crippen LogP) is 1.67. The van der Waals surface area contributed by atoms with Gasteiger partial charge in [-0.2, -0.15) is 0 Å². The Morgan fingerprint density at radius 3 is 2.61 bits per heavy atom. The molecular formula is C24H32N2O7. The van der Waals surface area contributed by atoms with E-state index in [-0.39, 0.29) is 44.4 Å². The molecule has 0 saturated carbocycles. The summed E-state index contributed by atoms with van der Waals surface area (Å²) in [5.41, 5.74) is -0.922. The van der Waals surface area contributed by atoms with Crippen LogP contribution < -0.4 is 4.74 Å². The monoisotopic (exact) mass is 460 g/mol. The summed E-state index contributed by atoms with van der Waals surface area (Å²) in [4.78, 5) is 55.4. The third-order valence-electron chi connectivity index (χ3n) is 6.38. The van der Waals surface area contributed by atoms with Crippen molar-refractivity contribution in [3.05, 3.63) is 29.8 Å². The molecule has 9 nitrogen and oxygen atoms in total. The molecular weight excluding hydrogens is 428 g/mol. The maximum absolute atomic E-state index is 13.7. The number of imide groups is 1. The molecule has 3 amide bonds. The molecule has 2 atom stereocenters. The highest BCUT2D eigenvalue weighted by atomic mass is 16.5. The van der Waals surface area contributed by atoms with Crippen LogP contribution in [0.2, 0.25) is 0 Å². The van der Waals surface area contributed by atoms with E-state index in [0.717, 1.165) is 17.7 Å². The van der Waals surface area contributed by atoms with Crippen molar-refractivity contribution >= 4 is 23.7 Å². The molecule has 2 saturated heterocycles. The maximum atomic E-state index is 13.7. The lowest BCUT2D eigenvalue weighted by atomic mass is 9.75. The zero-order valence-corrected chi connectivity index (χ0v) is 19.5. The Morgan fingerprint density at radius 1 is 1.15 bits per heavy atom. The Bertz CT molecular complexity index is 903. The third-order valence-corrected chi connectivity index (χ3v) is 6.38. The van der Waals surface area contributed by atoms with Gasteiger partial charge in [-0.15, -0.1) is 0 Å². The zero-order valence-electron chi connectivity index (χ0n) is 19.5. The molecule has 1 aromatic rings. The number of ether oxygens (including phenoxy) is 3. The number of esters is 1. The number of para-hydroxylation sites is 1. The topological polar surface area (TPSA) is 102 Å². The van der Waals surface area contributed by atoms with Gasteiger partial charge in [-0.1, -0.05) is 18.2 Å². The van der Waals surface area contributed by atoms with E-state index in [1.165, 1.54) is 19.1 Å². The second kappa shape index (κ2) is 10.8. The van der Waals surface area contributed by atoms with Crippen molar-refractivity contribution in [2.45, 2.75) is 50.5 Å². The molecule has 2 aliphatic rings. The van der Waals surface area contributed by atoms with E-state index in [1.807, 2.05) is 0 Å². The minimum atomic E-state index is -1.41. The summed E-state index contributed by atoms with van der Waals surface area (Å²) in [5.74, 6) is -1.18. The molecule has 0 aromatic heterocycles. The van der Waals surface area contributed by atoms with Crippen LogP contribution >= 0.6 is 0 Å². The predicted molar refractivity (Wildman–Crippen MR) is 118 cm³/mol. The van der Waals surface area contributed by atoms with Crippen molar-refractivity contribution < 1.29 is 33.4 Å². The summed E-state index contributed by atoms with van der Waals surface area (Å²) in [6, 6.07) is 6.26. The molecule has 0 unspecified atom stereocenters. The Morgan fingerprint density at radius 2 is 1.91 bits per heavy atom. The lowest BCUT2D eigenvalue weighted by molar-refractivity contribution is -0.157. The highest BCUT2D eigenvalue weighted by Gasteiger charge is 2.55. The Hall–Kier alpha value is -2.94. The van der Waals surface area contributed by atoms with Crippen LogP contribution in [0.5, 0.6) is 5.75 Å². The first kappa shape index (κ1) is 24.7. The molecule has 3 rings (SSSR count). The summed E-state index contributed by atoms with van der Waals surface area (Å²) < 4.78 is 15.7. The van der Waals surface area contributed by atoms with Gasteiger partial charge in [-0.25, -0.2) is 4.79 Å². The fourth-order valence-corrected chi connectivity index (χ4v) is 4.77. The van der Waals surface area contributed by atoms with Crippen LogP contribution in [0.3, 0.4) is 0 Å². The molecule has 33 heavy (non-hydrogen) atoms. The molecule has 0 N–H and O–H groups in total. The second-order valence-electron chi connectivity index (χ2n) is 8.33. The molecule has 2 fully saturated rings. The smallest absolute Gasteiger partial charge is 0.328 e. The quantitative estimate of drug-likeness (QED) is 0.408. The first-order chi connectivity index (χ1) is 15.9. The van der Waals surface area contributed by atoms with Crippen LogP contribution in [0, 0.1) is 0 Å². The summed E-state index contributed by atoms with van der Waals surface area (Å²) in [6.45, 7) is 2.66. The third kappa shape index (κ3) is 4.88. The fourth-order valence-electron chi connectivity index (χ4n) is 4.77. The molecule has 0 spiro atoms. The average molecular weight is 461 g/mol. The van der Waals surface area contributed by atoms with Crippen LogP contribution in [0.25, 0.3) is 0 Å². The van der Waals surface area contributed by atoms with Gasteiger partial charge in [0, 0.05) is 32.1 Å². The number of carbonyl (C=O) groups excluding carboxylic acids is 4. The number of likely N-dealkylation sites (tertiary alicyclic amines) is 2. The molecule has 1 aromatic carbocycles. The molecule has 0 radical (unpaired) electrons. The number of carbonyl (C=O) groups is 4. The lowest BCUT2D eigenvalue weighted by Crippen LogP contribution is -2.51. The molecule has 0 aliphatic carbocycles. The number of amides is 3. The normalized spacial score (nSPS) is 23.1. The number of methoxy groups -OCH3 is 2. The van der Waals surface area contributed by atoms with Gasteiger partial charge in [0.2, 0.25) is 17.7 Å². The van der Waals surface area contributed by atoms with Gasteiger partial charge >= 0.3 is 5.97 Å². The molecule has 2 aliphatic heterocycles. The van der Waals surface area contributed by atoms with E-state index in [9.17, 15) is 19.2 Å². The number of nitrogens with zero attached hydrogens (tertiary/aromatic N) is 2. The van der Waals surface area contributed by atoms with Gasteiger partial charge in [0.1, 0.15) is 11.8 Å². The van der Waals surface area contributed by atoms with Gasteiger partial charge in [-0.3, -0.25) is 19.3 Å². The van der Waals surface area contributed by atoms with Crippen molar-refractivity contribution in [3.8, 4) is 5.75 Å².